The smallest absolute Gasteiger partial charge is 0.243 e. The Labute approximate surface area is 231 Å². The second-order valence-electron chi connectivity index (χ2n) is 8.42. The molecule has 4 rings (SSSR count). The summed E-state index contributed by atoms with van der Waals surface area (Å²) in [6.45, 7) is 2.75. The zero-order valence-corrected chi connectivity index (χ0v) is 22.5. The fourth-order valence-corrected chi connectivity index (χ4v) is 4.82. The molecule has 2 atom stereocenters. The molecule has 5 nitrogen and oxygen atoms in total. The highest BCUT2D eigenvalue weighted by molar-refractivity contribution is 6.36. The molecule has 0 spiro atoms. The molecule has 1 amide bonds. The first-order valence-electron chi connectivity index (χ1n) is 11.3. The Kier molecular flexibility index (Phi) is 9.04. The normalized spacial score (nSPS) is 14.7. The number of hydrogen-bond donors (Lipinski definition) is 1. The summed E-state index contributed by atoms with van der Waals surface area (Å²) in [7, 11) is 0. The summed E-state index contributed by atoms with van der Waals surface area (Å²) in [5.41, 5.74) is 2.77. The quantitative estimate of drug-likeness (QED) is 0.216. The number of alkyl halides is 1. The van der Waals surface area contributed by atoms with Crippen molar-refractivity contribution in [2.45, 2.75) is 25.1 Å². The van der Waals surface area contributed by atoms with Crippen LogP contribution in [0.1, 0.15) is 22.8 Å². The molecule has 1 N–H and O–H groups in total. The van der Waals surface area contributed by atoms with Crippen molar-refractivity contribution in [2.75, 3.05) is 18.5 Å². The van der Waals surface area contributed by atoms with Crippen LogP contribution in [0.25, 0.3) is 0 Å². The second-order valence-corrected chi connectivity index (χ2v) is 10.1. The molecule has 0 fully saturated rings. The van der Waals surface area contributed by atoms with Crippen molar-refractivity contribution in [1.29, 1.82) is 0 Å². The third kappa shape index (κ3) is 6.67. The van der Waals surface area contributed by atoms with Crippen LogP contribution < -0.4 is 5.32 Å². The molecule has 36 heavy (non-hydrogen) atoms. The van der Waals surface area contributed by atoms with E-state index in [2.05, 4.69) is 5.32 Å². The molecule has 0 saturated carbocycles. The Balaban J connectivity index is 1.43. The zero-order chi connectivity index (χ0) is 25.7. The van der Waals surface area contributed by atoms with Gasteiger partial charge in [-0.1, -0.05) is 82.8 Å². The van der Waals surface area contributed by atoms with Gasteiger partial charge in [-0.25, -0.2) is 0 Å². The molecule has 1 aliphatic heterocycles. The van der Waals surface area contributed by atoms with Crippen LogP contribution in [-0.4, -0.2) is 34.4 Å². The van der Waals surface area contributed by atoms with E-state index in [1.54, 1.807) is 30.3 Å². The van der Waals surface area contributed by atoms with E-state index in [0.717, 1.165) is 16.8 Å². The summed E-state index contributed by atoms with van der Waals surface area (Å²) in [6.07, 6.45) is 3.17. The number of amides is 1. The Morgan fingerprint density at radius 1 is 0.972 bits per heavy atom. The summed E-state index contributed by atoms with van der Waals surface area (Å²) < 4.78 is 6.28. The van der Waals surface area contributed by atoms with Crippen LogP contribution in [0.3, 0.4) is 0 Å². The molecule has 9 heteroatoms. The van der Waals surface area contributed by atoms with Gasteiger partial charge < -0.3 is 19.9 Å². The topological polar surface area (TPSA) is 44.8 Å². The lowest BCUT2D eigenvalue weighted by Crippen LogP contribution is -2.38. The minimum Gasteiger partial charge on any atom is -0.365 e. The van der Waals surface area contributed by atoms with Crippen LogP contribution in [0.5, 0.6) is 0 Å². The number of benzene rings is 3. The highest BCUT2D eigenvalue weighted by atomic mass is 35.5. The number of hydrogen-bond acceptors (Lipinski definition) is 4. The lowest BCUT2D eigenvalue weighted by molar-refractivity contribution is -0.117. The Morgan fingerprint density at radius 3 is 2.36 bits per heavy atom. The minimum atomic E-state index is -0.576. The number of halogens is 4. The van der Waals surface area contributed by atoms with Gasteiger partial charge in [0.2, 0.25) is 5.91 Å². The zero-order valence-electron chi connectivity index (χ0n) is 19.5. The highest BCUT2D eigenvalue weighted by Gasteiger charge is 2.30. The van der Waals surface area contributed by atoms with Crippen molar-refractivity contribution in [2.24, 2.45) is 0 Å². The van der Waals surface area contributed by atoms with Crippen LogP contribution >= 0.6 is 46.4 Å². The van der Waals surface area contributed by atoms with Gasteiger partial charge in [0.15, 0.2) is 0 Å². The van der Waals surface area contributed by atoms with E-state index in [0.29, 0.717) is 27.3 Å². The third-order valence-electron chi connectivity index (χ3n) is 5.81. The average molecular weight is 565 g/mol. The van der Waals surface area contributed by atoms with Gasteiger partial charge in [-0.15, -0.1) is 0 Å². The molecular weight excluding hydrogens is 540 g/mol. The first kappa shape index (κ1) is 26.6. The Hall–Kier alpha value is -2.41. The monoisotopic (exact) mass is 563 g/mol. The number of aryl methyl sites for hydroxylation is 1. The van der Waals surface area contributed by atoms with Crippen molar-refractivity contribution in [1.82, 2.24) is 9.80 Å². The minimum absolute atomic E-state index is 0.110. The molecule has 0 saturated heterocycles. The van der Waals surface area contributed by atoms with Gasteiger partial charge in [-0.05, 0) is 48.4 Å². The van der Waals surface area contributed by atoms with Crippen molar-refractivity contribution in [3.05, 3.63) is 111 Å². The van der Waals surface area contributed by atoms with Crippen molar-refractivity contribution in [3.8, 4) is 0 Å². The number of para-hydroxylation sites is 1. The van der Waals surface area contributed by atoms with E-state index in [-0.39, 0.29) is 19.1 Å². The maximum absolute atomic E-state index is 12.6. The van der Waals surface area contributed by atoms with E-state index in [9.17, 15) is 4.79 Å². The SMILES string of the molecule is Cc1ccccc1NC(=O)CN1C=CN(C(Cl)C(OCc2c(Cl)cccc2Cl)c2ccc(Cl)cc2)C1. The largest absolute Gasteiger partial charge is 0.365 e. The van der Waals surface area contributed by atoms with Crippen LogP contribution in [0.4, 0.5) is 5.69 Å². The molecule has 188 valence electrons. The maximum Gasteiger partial charge on any atom is 0.243 e. The van der Waals surface area contributed by atoms with Crippen molar-refractivity contribution in [3.63, 3.8) is 0 Å². The second kappa shape index (κ2) is 12.2. The predicted octanol–water partition coefficient (Wildman–Crippen LogP) is 7.46. The van der Waals surface area contributed by atoms with Crippen LogP contribution in [0.15, 0.2) is 79.1 Å². The number of rotatable bonds is 9. The molecular formula is C27H25Cl4N3O2. The molecule has 0 aromatic heterocycles. The number of nitrogens with one attached hydrogen (secondary N) is 1. The van der Waals surface area contributed by atoms with Gasteiger partial charge in [0.25, 0.3) is 0 Å². The first-order chi connectivity index (χ1) is 17.3. The van der Waals surface area contributed by atoms with Gasteiger partial charge >= 0.3 is 0 Å². The molecule has 0 aliphatic carbocycles. The lowest BCUT2D eigenvalue weighted by atomic mass is 10.1. The molecule has 3 aromatic carbocycles. The molecule has 3 aromatic rings. The van der Waals surface area contributed by atoms with E-state index in [4.69, 9.17) is 51.1 Å². The molecule has 1 heterocycles. The van der Waals surface area contributed by atoms with Gasteiger partial charge in [0.1, 0.15) is 11.6 Å². The van der Waals surface area contributed by atoms with Crippen LogP contribution in [0.2, 0.25) is 15.1 Å². The summed E-state index contributed by atoms with van der Waals surface area (Å²) in [5, 5.41) is 4.62. The molecule has 2 unspecified atom stereocenters. The van der Waals surface area contributed by atoms with Crippen LogP contribution in [-0.2, 0) is 16.1 Å². The van der Waals surface area contributed by atoms with Gasteiger partial charge in [0, 0.05) is 38.7 Å². The summed E-state index contributed by atoms with van der Waals surface area (Å²) in [4.78, 5) is 16.4. The highest BCUT2D eigenvalue weighted by Crippen LogP contribution is 2.33. The van der Waals surface area contributed by atoms with Crippen molar-refractivity contribution >= 4 is 58.0 Å². The maximum atomic E-state index is 12.6. The Morgan fingerprint density at radius 2 is 1.67 bits per heavy atom. The van der Waals surface area contributed by atoms with Gasteiger partial charge in [-0.2, -0.15) is 0 Å². The number of nitrogens with zero attached hydrogens (tertiary/aromatic N) is 2. The summed E-state index contributed by atoms with van der Waals surface area (Å²) >= 11 is 25.7. The van der Waals surface area contributed by atoms with Crippen LogP contribution in [0, 0.1) is 6.92 Å². The van der Waals surface area contributed by atoms with Gasteiger partial charge in [-0.3, -0.25) is 4.79 Å². The molecule has 1 aliphatic rings. The first-order valence-corrected chi connectivity index (χ1v) is 12.9. The number of carbonyl (C=O) groups is 1. The average Bonchev–Trinajstić information content (AvgIpc) is 3.31. The predicted molar refractivity (Wildman–Crippen MR) is 147 cm³/mol. The third-order valence-corrected chi connectivity index (χ3v) is 7.25. The standard InChI is InChI=1S/C27H25Cl4N3O2/c1-18-5-2-3-8-24(18)32-25(35)15-33-13-14-34(17-33)27(31)26(19-9-11-20(28)12-10-19)36-16-21-22(29)6-4-7-23(21)30/h2-14,26-27H,15-17H2,1H3,(H,32,35). The number of ether oxygens (including phenoxy) is 1. The van der Waals surface area contributed by atoms with E-state index in [1.807, 2.05) is 65.5 Å². The Bertz CT molecular complexity index is 1220. The van der Waals surface area contributed by atoms with Crippen molar-refractivity contribution < 1.29 is 9.53 Å². The molecule has 0 radical (unpaired) electrons. The number of carbonyl (C=O) groups excluding carboxylic acids is 1. The van der Waals surface area contributed by atoms with E-state index < -0.39 is 11.6 Å². The van der Waals surface area contributed by atoms with E-state index in [1.165, 1.54) is 0 Å². The van der Waals surface area contributed by atoms with Gasteiger partial charge in [0.05, 0.1) is 19.8 Å². The number of anilines is 1. The molecule has 0 bridgehead atoms. The fraction of sp³-hybridized carbons (Fsp3) is 0.222. The fourth-order valence-electron chi connectivity index (χ4n) is 3.84. The van der Waals surface area contributed by atoms with E-state index >= 15 is 0 Å². The summed E-state index contributed by atoms with van der Waals surface area (Å²) in [5.74, 6) is -0.110. The summed E-state index contributed by atoms with van der Waals surface area (Å²) in [6, 6.07) is 20.3. The lowest BCUT2D eigenvalue weighted by Gasteiger charge is -2.31.